The molecule has 1 heterocycles. The van der Waals surface area contributed by atoms with Crippen LogP contribution in [0.25, 0.3) is 0 Å². The van der Waals surface area contributed by atoms with Crippen molar-refractivity contribution in [1.82, 2.24) is 10.6 Å². The van der Waals surface area contributed by atoms with Gasteiger partial charge in [0.05, 0.1) is 12.7 Å². The fraction of sp³-hybridized carbons (Fsp3) is 0.750. The molecule has 1 saturated heterocycles. The summed E-state index contributed by atoms with van der Waals surface area (Å²) in [7, 11) is 0. The number of hydrogen-bond donors (Lipinski definition) is 3. The minimum atomic E-state index is 0.00231. The molecule has 0 radical (unpaired) electrons. The van der Waals surface area contributed by atoms with E-state index in [0.717, 1.165) is 0 Å². The summed E-state index contributed by atoms with van der Waals surface area (Å²) in [6, 6.07) is 0. The largest absolute Gasteiger partial charge is 0.338 e. The Morgan fingerprint density at radius 3 is 2.88 bits per heavy atom. The van der Waals surface area contributed by atoms with Gasteiger partial charge in [-0.2, -0.15) is 0 Å². The van der Waals surface area contributed by atoms with Crippen molar-refractivity contribution in [3.8, 4) is 0 Å². The molecule has 1 atom stereocenters. The molecule has 0 aromatic rings. The van der Waals surface area contributed by atoms with Gasteiger partial charge in [0.25, 0.3) is 0 Å². The summed E-state index contributed by atoms with van der Waals surface area (Å²) in [4.78, 5) is 10.4. The Hall–Kier alpha value is -0.610. The lowest BCUT2D eigenvalue weighted by Gasteiger charge is -2.03. The van der Waals surface area contributed by atoms with E-state index in [1.807, 2.05) is 0 Å². The molecule has 0 saturated carbocycles. The van der Waals surface area contributed by atoms with E-state index >= 15 is 0 Å². The smallest absolute Gasteiger partial charge is 0.235 e. The van der Waals surface area contributed by atoms with Gasteiger partial charge in [-0.15, -0.1) is 0 Å². The monoisotopic (exact) mass is 115 g/mol. The lowest BCUT2D eigenvalue weighted by molar-refractivity contribution is -0.118. The first kappa shape index (κ1) is 5.53. The molecule has 0 aliphatic carbocycles. The molecule has 1 fully saturated rings. The number of amides is 1. The zero-order chi connectivity index (χ0) is 5.98. The molecular weight excluding hydrogens is 106 g/mol. The molecule has 8 heavy (non-hydrogen) atoms. The maximum atomic E-state index is 10.4. The van der Waals surface area contributed by atoms with Crippen molar-refractivity contribution < 1.29 is 4.79 Å². The van der Waals surface area contributed by atoms with Gasteiger partial charge in [-0.3, -0.25) is 10.1 Å². The number of nitrogens with two attached hydrogens (primary N) is 1. The van der Waals surface area contributed by atoms with Gasteiger partial charge in [0.1, 0.15) is 0 Å². The third-order valence-electron chi connectivity index (χ3n) is 1.08. The quantitative estimate of drug-likeness (QED) is 0.370. The average Bonchev–Trinajstić information content (AvgIpc) is 2.14. The van der Waals surface area contributed by atoms with Crippen molar-refractivity contribution in [3.63, 3.8) is 0 Å². The van der Waals surface area contributed by atoms with Crippen LogP contribution in [0.2, 0.25) is 0 Å². The zero-order valence-electron chi connectivity index (χ0n) is 4.48. The zero-order valence-corrected chi connectivity index (χ0v) is 4.48. The first-order valence-electron chi connectivity index (χ1n) is 2.56. The second kappa shape index (κ2) is 2.11. The maximum Gasteiger partial charge on any atom is 0.235 e. The molecule has 46 valence electrons. The van der Waals surface area contributed by atoms with Crippen LogP contribution in [0.3, 0.4) is 0 Å². The van der Waals surface area contributed by atoms with Crippen molar-refractivity contribution in [2.75, 3.05) is 13.1 Å². The Kier molecular flexibility index (Phi) is 1.45. The molecule has 0 aromatic heterocycles. The van der Waals surface area contributed by atoms with Crippen molar-refractivity contribution in [3.05, 3.63) is 0 Å². The first-order valence-corrected chi connectivity index (χ1v) is 2.56. The molecule has 4 N–H and O–H groups in total. The average molecular weight is 115 g/mol. The summed E-state index contributed by atoms with van der Waals surface area (Å²) in [5.74, 6) is 0.0282. The maximum absolute atomic E-state index is 10.4. The normalized spacial score (nSPS) is 28.1. The van der Waals surface area contributed by atoms with E-state index in [0.29, 0.717) is 13.1 Å². The van der Waals surface area contributed by atoms with E-state index in [9.17, 15) is 4.79 Å². The van der Waals surface area contributed by atoms with Crippen molar-refractivity contribution in [2.24, 2.45) is 5.73 Å². The van der Waals surface area contributed by atoms with Crippen LogP contribution in [0.15, 0.2) is 0 Å². The van der Waals surface area contributed by atoms with Crippen LogP contribution in [-0.2, 0) is 4.79 Å². The highest BCUT2D eigenvalue weighted by Crippen LogP contribution is 1.81. The van der Waals surface area contributed by atoms with Gasteiger partial charge in [-0.05, 0) is 0 Å². The molecular formula is C4H9N3O. The molecule has 1 rings (SSSR count). The van der Waals surface area contributed by atoms with E-state index in [4.69, 9.17) is 5.73 Å². The van der Waals surface area contributed by atoms with Crippen LogP contribution >= 0.6 is 0 Å². The first-order chi connectivity index (χ1) is 3.83. The van der Waals surface area contributed by atoms with Gasteiger partial charge in [-0.25, -0.2) is 0 Å². The van der Waals surface area contributed by atoms with E-state index in [1.54, 1.807) is 0 Å². The number of carbonyl (C=O) groups excluding carboxylic acids is 1. The van der Waals surface area contributed by atoms with Crippen LogP contribution in [0.1, 0.15) is 0 Å². The predicted molar refractivity (Wildman–Crippen MR) is 29.0 cm³/mol. The lowest BCUT2D eigenvalue weighted by atomic mass is 10.5. The molecule has 0 bridgehead atoms. The molecule has 1 amide bonds. The highest BCUT2D eigenvalue weighted by atomic mass is 16.2. The number of nitrogens with one attached hydrogen (secondary N) is 2. The summed E-state index contributed by atoms with van der Waals surface area (Å²) in [6.07, 6.45) is 0.00231. The summed E-state index contributed by atoms with van der Waals surface area (Å²) < 4.78 is 0. The SMILES string of the molecule is NCC1NCC(=O)N1. The Labute approximate surface area is 47.4 Å². The van der Waals surface area contributed by atoms with Crippen LogP contribution in [-0.4, -0.2) is 25.2 Å². The summed E-state index contributed by atoms with van der Waals surface area (Å²) in [5, 5.41) is 5.50. The predicted octanol–water partition coefficient (Wildman–Crippen LogP) is -2.01. The van der Waals surface area contributed by atoms with Crippen LogP contribution in [0, 0.1) is 0 Å². The molecule has 0 spiro atoms. The van der Waals surface area contributed by atoms with Crippen molar-refractivity contribution >= 4 is 5.91 Å². The molecule has 1 aliphatic rings. The van der Waals surface area contributed by atoms with Crippen LogP contribution in [0.4, 0.5) is 0 Å². The minimum Gasteiger partial charge on any atom is -0.338 e. The lowest BCUT2D eigenvalue weighted by Crippen LogP contribution is -2.38. The van der Waals surface area contributed by atoms with Crippen LogP contribution < -0.4 is 16.4 Å². The van der Waals surface area contributed by atoms with Gasteiger partial charge in [0.15, 0.2) is 0 Å². The van der Waals surface area contributed by atoms with Gasteiger partial charge in [-0.1, -0.05) is 0 Å². The number of carbonyl (C=O) groups is 1. The molecule has 4 nitrogen and oxygen atoms in total. The third kappa shape index (κ3) is 0.962. The minimum absolute atomic E-state index is 0.00231. The van der Waals surface area contributed by atoms with E-state index < -0.39 is 0 Å². The highest BCUT2D eigenvalue weighted by Gasteiger charge is 2.16. The fourth-order valence-corrected chi connectivity index (χ4v) is 0.655. The van der Waals surface area contributed by atoms with Crippen molar-refractivity contribution in [2.45, 2.75) is 6.17 Å². The van der Waals surface area contributed by atoms with Crippen LogP contribution in [0.5, 0.6) is 0 Å². The summed E-state index contributed by atoms with van der Waals surface area (Å²) in [6.45, 7) is 0.869. The second-order valence-electron chi connectivity index (χ2n) is 1.74. The van der Waals surface area contributed by atoms with E-state index in [2.05, 4.69) is 10.6 Å². The summed E-state index contributed by atoms with van der Waals surface area (Å²) in [5.41, 5.74) is 5.22. The third-order valence-corrected chi connectivity index (χ3v) is 1.08. The van der Waals surface area contributed by atoms with Gasteiger partial charge < -0.3 is 11.1 Å². The van der Waals surface area contributed by atoms with E-state index in [1.165, 1.54) is 0 Å². The second-order valence-corrected chi connectivity index (χ2v) is 1.74. The molecule has 4 heteroatoms. The molecule has 0 aromatic carbocycles. The van der Waals surface area contributed by atoms with Gasteiger partial charge >= 0.3 is 0 Å². The Morgan fingerprint density at radius 1 is 1.88 bits per heavy atom. The highest BCUT2D eigenvalue weighted by molar-refractivity contribution is 5.80. The van der Waals surface area contributed by atoms with Gasteiger partial charge in [0.2, 0.25) is 5.91 Å². The Balaban J connectivity index is 2.32. The van der Waals surface area contributed by atoms with Gasteiger partial charge in [0, 0.05) is 6.54 Å². The number of hydrogen-bond acceptors (Lipinski definition) is 3. The standard InChI is InChI=1S/C4H9N3O/c5-1-3-6-2-4(8)7-3/h3,6H,1-2,5H2,(H,7,8). The van der Waals surface area contributed by atoms with Crippen molar-refractivity contribution in [1.29, 1.82) is 0 Å². The Morgan fingerprint density at radius 2 is 2.62 bits per heavy atom. The number of rotatable bonds is 1. The molecule has 1 unspecified atom stereocenters. The Bertz CT molecular complexity index is 103. The fourth-order valence-electron chi connectivity index (χ4n) is 0.655. The molecule has 1 aliphatic heterocycles. The topological polar surface area (TPSA) is 67.1 Å². The van der Waals surface area contributed by atoms with E-state index in [-0.39, 0.29) is 12.1 Å². The summed E-state index contributed by atoms with van der Waals surface area (Å²) >= 11 is 0.